The number of anilines is 1. The Labute approximate surface area is 183 Å². The molecule has 1 aliphatic rings. The van der Waals surface area contributed by atoms with Gasteiger partial charge in [0.15, 0.2) is 0 Å². The van der Waals surface area contributed by atoms with Crippen molar-refractivity contribution < 1.29 is 12.9 Å². The maximum Gasteiger partial charge on any atom is 0.246 e. The van der Waals surface area contributed by atoms with E-state index in [-0.39, 0.29) is 5.75 Å². The van der Waals surface area contributed by atoms with Gasteiger partial charge in [0.05, 0.1) is 12.3 Å². The molecule has 31 heavy (non-hydrogen) atoms. The standard InChI is InChI=1S/C23H28N4O3S/c1-4-31(28,29)27-13-12-20-19(15-27)6-5-7-21(20)24-14-22-25-23(26-30-22)18-10-8-17(9-11-18)16(2)3/h5-11,16,24H,4,12-15H2,1-3H3. The zero-order valence-corrected chi connectivity index (χ0v) is 18.9. The Morgan fingerprint density at radius 2 is 1.94 bits per heavy atom. The number of benzene rings is 2. The third-order valence-electron chi connectivity index (χ3n) is 5.72. The summed E-state index contributed by atoms with van der Waals surface area (Å²) in [6.07, 6.45) is 0.676. The molecule has 2 heterocycles. The van der Waals surface area contributed by atoms with Crippen molar-refractivity contribution in [3.05, 3.63) is 65.0 Å². The van der Waals surface area contributed by atoms with Crippen LogP contribution < -0.4 is 5.32 Å². The van der Waals surface area contributed by atoms with E-state index in [2.05, 4.69) is 41.4 Å². The summed E-state index contributed by atoms with van der Waals surface area (Å²) in [7, 11) is -3.18. The van der Waals surface area contributed by atoms with Crippen LogP contribution >= 0.6 is 0 Å². The van der Waals surface area contributed by atoms with Crippen LogP contribution in [0.4, 0.5) is 5.69 Å². The average molecular weight is 441 g/mol. The van der Waals surface area contributed by atoms with Gasteiger partial charge in [-0.05, 0) is 42.0 Å². The highest BCUT2D eigenvalue weighted by Gasteiger charge is 2.26. The molecule has 1 aromatic heterocycles. The number of rotatable bonds is 7. The predicted octanol–water partition coefficient (Wildman–Crippen LogP) is 4.18. The van der Waals surface area contributed by atoms with Gasteiger partial charge in [-0.1, -0.05) is 55.4 Å². The highest BCUT2D eigenvalue weighted by molar-refractivity contribution is 7.89. The summed E-state index contributed by atoms with van der Waals surface area (Å²) in [5.74, 6) is 1.68. The largest absolute Gasteiger partial charge is 0.376 e. The first kappa shape index (κ1) is 21.5. The molecule has 2 aromatic carbocycles. The molecule has 0 atom stereocenters. The molecular formula is C23H28N4O3S. The third-order valence-corrected chi connectivity index (χ3v) is 7.55. The topological polar surface area (TPSA) is 88.3 Å². The number of aromatic nitrogens is 2. The van der Waals surface area contributed by atoms with Crippen LogP contribution in [0.5, 0.6) is 0 Å². The van der Waals surface area contributed by atoms with Crippen molar-refractivity contribution in [2.75, 3.05) is 17.6 Å². The number of hydrogen-bond donors (Lipinski definition) is 1. The second-order valence-electron chi connectivity index (χ2n) is 8.07. The van der Waals surface area contributed by atoms with E-state index >= 15 is 0 Å². The van der Waals surface area contributed by atoms with Crippen molar-refractivity contribution in [3.8, 4) is 11.4 Å². The summed E-state index contributed by atoms with van der Waals surface area (Å²) in [5.41, 5.74) is 5.35. The van der Waals surface area contributed by atoms with E-state index in [1.807, 2.05) is 30.3 Å². The Bertz CT molecular complexity index is 1150. The van der Waals surface area contributed by atoms with Crippen LogP contribution in [-0.2, 0) is 29.5 Å². The van der Waals surface area contributed by atoms with Crippen LogP contribution in [0.1, 0.15) is 49.3 Å². The molecule has 1 N–H and O–H groups in total. The lowest BCUT2D eigenvalue weighted by Crippen LogP contribution is -2.37. The number of fused-ring (bicyclic) bond motifs is 1. The fourth-order valence-electron chi connectivity index (χ4n) is 3.80. The Balaban J connectivity index is 1.45. The summed E-state index contributed by atoms with van der Waals surface area (Å²) in [5, 5.41) is 7.49. The van der Waals surface area contributed by atoms with Gasteiger partial charge in [0.1, 0.15) is 0 Å². The molecular weight excluding hydrogens is 412 g/mol. The SMILES string of the molecule is CCS(=O)(=O)N1CCc2c(cccc2NCc2nc(-c3ccc(C(C)C)cc3)no2)C1. The predicted molar refractivity (Wildman–Crippen MR) is 121 cm³/mol. The summed E-state index contributed by atoms with van der Waals surface area (Å²) < 4.78 is 31.4. The molecule has 1 aliphatic heterocycles. The molecule has 0 amide bonds. The van der Waals surface area contributed by atoms with Gasteiger partial charge in [-0.25, -0.2) is 8.42 Å². The summed E-state index contributed by atoms with van der Waals surface area (Å²) in [6, 6.07) is 14.1. The van der Waals surface area contributed by atoms with Gasteiger partial charge in [0, 0.05) is 24.3 Å². The molecule has 0 unspecified atom stereocenters. The summed E-state index contributed by atoms with van der Waals surface area (Å²) >= 11 is 0. The molecule has 0 saturated carbocycles. The van der Waals surface area contributed by atoms with Crippen LogP contribution in [0.25, 0.3) is 11.4 Å². The fraction of sp³-hybridized carbons (Fsp3) is 0.391. The monoisotopic (exact) mass is 440 g/mol. The molecule has 7 nitrogen and oxygen atoms in total. The molecule has 164 valence electrons. The lowest BCUT2D eigenvalue weighted by atomic mass is 9.99. The van der Waals surface area contributed by atoms with Crippen LogP contribution in [-0.4, -0.2) is 35.2 Å². The lowest BCUT2D eigenvalue weighted by molar-refractivity contribution is 0.383. The van der Waals surface area contributed by atoms with Gasteiger partial charge in [0.25, 0.3) is 0 Å². The second kappa shape index (κ2) is 8.80. The van der Waals surface area contributed by atoms with Gasteiger partial charge < -0.3 is 9.84 Å². The van der Waals surface area contributed by atoms with Crippen molar-refractivity contribution in [2.45, 2.75) is 46.2 Å². The minimum atomic E-state index is -3.18. The van der Waals surface area contributed by atoms with Crippen molar-refractivity contribution in [1.82, 2.24) is 14.4 Å². The fourth-order valence-corrected chi connectivity index (χ4v) is 4.87. The molecule has 3 aromatic rings. The summed E-state index contributed by atoms with van der Waals surface area (Å²) in [6.45, 7) is 7.33. The quantitative estimate of drug-likeness (QED) is 0.593. The van der Waals surface area contributed by atoms with E-state index in [0.29, 0.717) is 43.7 Å². The molecule has 0 aliphatic carbocycles. The number of nitrogens with one attached hydrogen (secondary N) is 1. The molecule has 0 saturated heterocycles. The number of hydrogen-bond acceptors (Lipinski definition) is 6. The van der Waals surface area contributed by atoms with E-state index in [0.717, 1.165) is 22.4 Å². The van der Waals surface area contributed by atoms with Gasteiger partial charge in [-0.15, -0.1) is 0 Å². The second-order valence-corrected chi connectivity index (χ2v) is 10.3. The number of sulfonamides is 1. The maximum atomic E-state index is 12.2. The highest BCUT2D eigenvalue weighted by Crippen LogP contribution is 2.28. The molecule has 4 rings (SSSR count). The first-order valence-electron chi connectivity index (χ1n) is 10.6. The van der Waals surface area contributed by atoms with Gasteiger partial charge >= 0.3 is 0 Å². The summed E-state index contributed by atoms with van der Waals surface area (Å²) in [4.78, 5) is 4.51. The minimum absolute atomic E-state index is 0.125. The smallest absolute Gasteiger partial charge is 0.246 e. The average Bonchev–Trinajstić information content (AvgIpc) is 3.26. The van der Waals surface area contributed by atoms with Gasteiger partial charge in [0.2, 0.25) is 21.7 Å². The Morgan fingerprint density at radius 1 is 1.16 bits per heavy atom. The van der Waals surface area contributed by atoms with Crippen molar-refractivity contribution in [2.24, 2.45) is 0 Å². The molecule has 0 bridgehead atoms. The van der Waals surface area contributed by atoms with Crippen molar-refractivity contribution in [3.63, 3.8) is 0 Å². The third kappa shape index (κ3) is 4.65. The van der Waals surface area contributed by atoms with E-state index in [9.17, 15) is 8.42 Å². The minimum Gasteiger partial charge on any atom is -0.376 e. The molecule has 0 spiro atoms. The van der Waals surface area contributed by atoms with E-state index in [1.165, 1.54) is 5.56 Å². The highest BCUT2D eigenvalue weighted by atomic mass is 32.2. The van der Waals surface area contributed by atoms with E-state index < -0.39 is 10.0 Å². The van der Waals surface area contributed by atoms with Crippen LogP contribution in [0.2, 0.25) is 0 Å². The van der Waals surface area contributed by atoms with E-state index in [1.54, 1.807) is 11.2 Å². The van der Waals surface area contributed by atoms with Gasteiger partial charge in [-0.2, -0.15) is 9.29 Å². The normalized spacial score (nSPS) is 14.6. The van der Waals surface area contributed by atoms with Crippen molar-refractivity contribution in [1.29, 1.82) is 0 Å². The Kier molecular flexibility index (Phi) is 6.11. The first-order valence-corrected chi connectivity index (χ1v) is 12.2. The molecule has 0 radical (unpaired) electrons. The zero-order chi connectivity index (χ0) is 22.0. The maximum absolute atomic E-state index is 12.2. The zero-order valence-electron chi connectivity index (χ0n) is 18.1. The Hall–Kier alpha value is -2.71. The first-order chi connectivity index (χ1) is 14.9. The van der Waals surface area contributed by atoms with Crippen LogP contribution in [0.3, 0.4) is 0 Å². The molecule has 0 fully saturated rings. The van der Waals surface area contributed by atoms with Crippen LogP contribution in [0, 0.1) is 0 Å². The van der Waals surface area contributed by atoms with Crippen LogP contribution in [0.15, 0.2) is 47.0 Å². The number of nitrogens with zero attached hydrogens (tertiary/aromatic N) is 3. The van der Waals surface area contributed by atoms with Gasteiger partial charge in [-0.3, -0.25) is 0 Å². The molecule has 8 heteroatoms. The Morgan fingerprint density at radius 3 is 2.65 bits per heavy atom. The van der Waals surface area contributed by atoms with Crippen molar-refractivity contribution >= 4 is 15.7 Å². The lowest BCUT2D eigenvalue weighted by Gasteiger charge is -2.29. The van der Waals surface area contributed by atoms with E-state index in [4.69, 9.17) is 4.52 Å².